The van der Waals surface area contributed by atoms with Crippen LogP contribution in [0.2, 0.25) is 0 Å². The van der Waals surface area contributed by atoms with Crippen molar-refractivity contribution in [2.24, 2.45) is 0 Å². The second kappa shape index (κ2) is 4.48. The maximum Gasteiger partial charge on any atom is 0.165 e. The lowest BCUT2D eigenvalue weighted by atomic mass is 10.3. The first-order valence-corrected chi connectivity index (χ1v) is 8.04. The van der Waals surface area contributed by atoms with E-state index in [-0.39, 0.29) is 0 Å². The number of rotatable bonds is 3. The molecule has 1 aliphatic rings. The van der Waals surface area contributed by atoms with Gasteiger partial charge in [0.05, 0.1) is 22.1 Å². The summed E-state index contributed by atoms with van der Waals surface area (Å²) in [6, 6.07) is 6.68. The molecule has 0 radical (unpaired) electrons. The number of fused-ring (bicyclic) bond motifs is 2. The van der Waals surface area contributed by atoms with Crippen molar-refractivity contribution in [2.75, 3.05) is 5.32 Å². The molecule has 22 heavy (non-hydrogen) atoms. The van der Waals surface area contributed by atoms with Gasteiger partial charge in [-0.25, -0.2) is 19.9 Å². The van der Waals surface area contributed by atoms with Crippen molar-refractivity contribution in [1.82, 2.24) is 24.5 Å². The van der Waals surface area contributed by atoms with Gasteiger partial charge >= 0.3 is 0 Å². The number of anilines is 2. The van der Waals surface area contributed by atoms with Crippen molar-refractivity contribution >= 4 is 44.2 Å². The molecular weight excluding hydrogens is 296 g/mol. The van der Waals surface area contributed by atoms with E-state index in [4.69, 9.17) is 0 Å². The van der Waals surface area contributed by atoms with Crippen LogP contribution in [0.4, 0.5) is 11.5 Å². The van der Waals surface area contributed by atoms with Crippen LogP contribution < -0.4 is 5.32 Å². The van der Waals surface area contributed by atoms with E-state index in [1.165, 1.54) is 17.5 Å². The third-order valence-electron chi connectivity index (χ3n) is 3.89. The van der Waals surface area contributed by atoms with E-state index in [0.717, 1.165) is 28.2 Å². The summed E-state index contributed by atoms with van der Waals surface area (Å²) in [5.41, 5.74) is 5.51. The predicted molar refractivity (Wildman–Crippen MR) is 86.5 cm³/mol. The fourth-order valence-electron chi connectivity index (χ4n) is 2.64. The van der Waals surface area contributed by atoms with Crippen molar-refractivity contribution < 1.29 is 0 Å². The monoisotopic (exact) mass is 308 g/mol. The molecule has 3 aromatic heterocycles. The Morgan fingerprint density at radius 1 is 1.14 bits per heavy atom. The molecule has 3 heterocycles. The zero-order valence-electron chi connectivity index (χ0n) is 11.6. The summed E-state index contributed by atoms with van der Waals surface area (Å²) in [4.78, 5) is 17.6. The van der Waals surface area contributed by atoms with Crippen molar-refractivity contribution in [3.63, 3.8) is 0 Å². The molecule has 7 heteroatoms. The standard InChI is InChI=1S/C15H12N6S/c1-4-12-11(19-8-22-12)5-9(1)20-14-13-15(17-6-16-14)21(7-18-13)10-2-3-10/h1,4-8,10H,2-3H2,(H,16,17,20). The average molecular weight is 308 g/mol. The van der Waals surface area contributed by atoms with Gasteiger partial charge in [0, 0.05) is 11.7 Å². The molecule has 1 fully saturated rings. The van der Waals surface area contributed by atoms with Crippen molar-refractivity contribution in [2.45, 2.75) is 18.9 Å². The summed E-state index contributed by atoms with van der Waals surface area (Å²) >= 11 is 1.64. The van der Waals surface area contributed by atoms with Crippen LogP contribution in [-0.4, -0.2) is 24.5 Å². The molecule has 1 aromatic carbocycles. The Morgan fingerprint density at radius 2 is 2.09 bits per heavy atom. The highest BCUT2D eigenvalue weighted by Crippen LogP contribution is 2.37. The lowest BCUT2D eigenvalue weighted by molar-refractivity contribution is 0.756. The van der Waals surface area contributed by atoms with Gasteiger partial charge in [0.2, 0.25) is 0 Å². The highest BCUT2D eigenvalue weighted by molar-refractivity contribution is 7.16. The molecule has 6 nitrogen and oxygen atoms in total. The Labute approximate surface area is 129 Å². The summed E-state index contributed by atoms with van der Waals surface area (Å²) in [6.45, 7) is 0. The summed E-state index contributed by atoms with van der Waals surface area (Å²) in [7, 11) is 0. The van der Waals surface area contributed by atoms with Gasteiger partial charge in [-0.3, -0.25) is 0 Å². The van der Waals surface area contributed by atoms with Crippen LogP contribution in [-0.2, 0) is 0 Å². The van der Waals surface area contributed by atoms with Crippen LogP contribution in [0.3, 0.4) is 0 Å². The Kier molecular flexibility index (Phi) is 2.45. The number of hydrogen-bond donors (Lipinski definition) is 1. The van der Waals surface area contributed by atoms with Crippen LogP contribution in [0.15, 0.2) is 36.4 Å². The molecule has 5 rings (SSSR count). The predicted octanol–water partition coefficient (Wildman–Crippen LogP) is 3.51. The number of aromatic nitrogens is 5. The lowest BCUT2D eigenvalue weighted by Crippen LogP contribution is -1.98. The molecule has 1 saturated carbocycles. The third-order valence-corrected chi connectivity index (χ3v) is 4.70. The molecule has 0 aliphatic heterocycles. The van der Waals surface area contributed by atoms with Crippen LogP contribution >= 0.6 is 11.3 Å². The quantitative estimate of drug-likeness (QED) is 0.627. The molecule has 1 N–H and O–H groups in total. The van der Waals surface area contributed by atoms with Crippen LogP contribution in [0, 0.1) is 0 Å². The van der Waals surface area contributed by atoms with E-state index in [2.05, 4.69) is 35.9 Å². The number of nitrogens with zero attached hydrogens (tertiary/aromatic N) is 5. The molecule has 0 bridgehead atoms. The number of nitrogens with one attached hydrogen (secondary N) is 1. The maximum atomic E-state index is 4.49. The maximum absolute atomic E-state index is 4.49. The Morgan fingerprint density at radius 3 is 3.00 bits per heavy atom. The Hall–Kier alpha value is -2.54. The number of imidazole rings is 1. The second-order valence-corrected chi connectivity index (χ2v) is 6.32. The first-order chi connectivity index (χ1) is 10.9. The van der Waals surface area contributed by atoms with E-state index in [9.17, 15) is 0 Å². The largest absolute Gasteiger partial charge is 0.338 e. The highest BCUT2D eigenvalue weighted by atomic mass is 32.1. The Balaban J connectivity index is 1.58. The molecule has 108 valence electrons. The SMILES string of the molecule is c1nc(Nc2ccc3scnc3c2)c2ncn(C3CC3)c2n1. The molecule has 0 amide bonds. The molecule has 0 atom stereocenters. The number of benzene rings is 1. The number of thiazole rings is 1. The first-order valence-electron chi connectivity index (χ1n) is 7.16. The van der Waals surface area contributed by atoms with Gasteiger partial charge in [-0.2, -0.15) is 0 Å². The smallest absolute Gasteiger partial charge is 0.165 e. The first kappa shape index (κ1) is 12.0. The molecule has 0 spiro atoms. The van der Waals surface area contributed by atoms with Gasteiger partial charge in [0.25, 0.3) is 0 Å². The lowest BCUT2D eigenvalue weighted by Gasteiger charge is -2.06. The van der Waals surface area contributed by atoms with Gasteiger partial charge < -0.3 is 9.88 Å². The minimum absolute atomic E-state index is 0.555. The van der Waals surface area contributed by atoms with Crippen molar-refractivity contribution in [3.8, 4) is 0 Å². The van der Waals surface area contributed by atoms with Gasteiger partial charge in [-0.1, -0.05) is 0 Å². The Bertz CT molecular complexity index is 984. The van der Waals surface area contributed by atoms with Crippen LogP contribution in [0.1, 0.15) is 18.9 Å². The summed E-state index contributed by atoms with van der Waals surface area (Å²) in [6.07, 6.45) is 5.87. The van der Waals surface area contributed by atoms with E-state index in [1.54, 1.807) is 17.7 Å². The zero-order valence-corrected chi connectivity index (χ0v) is 12.4. The molecule has 0 saturated heterocycles. The highest BCUT2D eigenvalue weighted by Gasteiger charge is 2.26. The fourth-order valence-corrected chi connectivity index (χ4v) is 3.29. The van der Waals surface area contributed by atoms with Crippen molar-refractivity contribution in [1.29, 1.82) is 0 Å². The third kappa shape index (κ3) is 1.86. The van der Waals surface area contributed by atoms with Gasteiger partial charge in [-0.05, 0) is 31.0 Å². The fraction of sp³-hybridized carbons (Fsp3) is 0.200. The normalized spacial score (nSPS) is 14.7. The molecule has 4 aromatic rings. The summed E-state index contributed by atoms with van der Waals surface area (Å²) in [5.74, 6) is 0.735. The van der Waals surface area contributed by atoms with E-state index in [0.29, 0.717) is 6.04 Å². The van der Waals surface area contributed by atoms with Crippen LogP contribution in [0.25, 0.3) is 21.4 Å². The van der Waals surface area contributed by atoms with E-state index in [1.807, 2.05) is 24.0 Å². The van der Waals surface area contributed by atoms with Gasteiger partial charge in [0.1, 0.15) is 6.33 Å². The average Bonchev–Trinajstić information content (AvgIpc) is 3.11. The van der Waals surface area contributed by atoms with Gasteiger partial charge in [-0.15, -0.1) is 11.3 Å². The number of hydrogen-bond acceptors (Lipinski definition) is 6. The van der Waals surface area contributed by atoms with Crippen LogP contribution in [0.5, 0.6) is 0 Å². The molecule has 1 aliphatic carbocycles. The molecule has 0 unspecified atom stereocenters. The van der Waals surface area contributed by atoms with E-state index < -0.39 is 0 Å². The zero-order chi connectivity index (χ0) is 14.5. The molecular formula is C15H12N6S. The van der Waals surface area contributed by atoms with Crippen molar-refractivity contribution in [3.05, 3.63) is 36.4 Å². The summed E-state index contributed by atoms with van der Waals surface area (Å²) in [5, 5.41) is 3.34. The second-order valence-electron chi connectivity index (χ2n) is 5.44. The van der Waals surface area contributed by atoms with E-state index >= 15 is 0 Å². The minimum atomic E-state index is 0.555. The van der Waals surface area contributed by atoms with Gasteiger partial charge in [0.15, 0.2) is 17.0 Å². The summed E-state index contributed by atoms with van der Waals surface area (Å²) < 4.78 is 3.32. The topological polar surface area (TPSA) is 68.5 Å². The minimum Gasteiger partial charge on any atom is -0.338 e.